The van der Waals surface area contributed by atoms with Gasteiger partial charge in [0.25, 0.3) is 0 Å². The standard InChI is InChI=1S/C17H28N2O/c1-13-8-14(2)11-19(10-13)12-17(18-3)15-6-5-7-16(9-15)20-4/h5-7,9,13-14,17-18H,8,10-12H2,1-4H3. The zero-order valence-electron chi connectivity index (χ0n) is 13.2. The fourth-order valence-electron chi connectivity index (χ4n) is 3.42. The highest BCUT2D eigenvalue weighted by Crippen LogP contribution is 2.24. The van der Waals surface area contributed by atoms with Gasteiger partial charge in [0.15, 0.2) is 0 Å². The number of likely N-dealkylation sites (N-methyl/N-ethyl adjacent to an activating group) is 1. The lowest BCUT2D eigenvalue weighted by Crippen LogP contribution is -2.42. The Bertz CT molecular complexity index is 411. The monoisotopic (exact) mass is 276 g/mol. The maximum atomic E-state index is 5.33. The lowest BCUT2D eigenvalue weighted by atomic mass is 9.91. The van der Waals surface area contributed by atoms with Crippen LogP contribution in [0.25, 0.3) is 0 Å². The molecule has 1 saturated heterocycles. The van der Waals surface area contributed by atoms with Crippen LogP contribution in [0.5, 0.6) is 5.75 Å². The molecular formula is C17H28N2O. The topological polar surface area (TPSA) is 24.5 Å². The van der Waals surface area contributed by atoms with Crippen LogP contribution < -0.4 is 10.1 Å². The summed E-state index contributed by atoms with van der Waals surface area (Å²) in [4.78, 5) is 2.60. The molecule has 3 nitrogen and oxygen atoms in total. The van der Waals surface area contributed by atoms with Crippen LogP contribution in [-0.4, -0.2) is 38.7 Å². The number of benzene rings is 1. The Kier molecular flexibility index (Phi) is 5.44. The van der Waals surface area contributed by atoms with Crippen molar-refractivity contribution in [2.75, 3.05) is 33.8 Å². The minimum absolute atomic E-state index is 0.364. The second-order valence-corrected chi connectivity index (χ2v) is 6.28. The van der Waals surface area contributed by atoms with Crippen LogP contribution in [0, 0.1) is 11.8 Å². The summed E-state index contributed by atoms with van der Waals surface area (Å²) < 4.78 is 5.33. The van der Waals surface area contributed by atoms with E-state index < -0.39 is 0 Å². The lowest BCUT2D eigenvalue weighted by molar-refractivity contribution is 0.129. The molecule has 3 heteroatoms. The van der Waals surface area contributed by atoms with E-state index in [1.54, 1.807) is 7.11 Å². The highest BCUT2D eigenvalue weighted by molar-refractivity contribution is 5.30. The van der Waals surface area contributed by atoms with Crippen LogP contribution in [0.1, 0.15) is 31.9 Å². The van der Waals surface area contributed by atoms with Gasteiger partial charge >= 0.3 is 0 Å². The van der Waals surface area contributed by atoms with E-state index in [2.05, 4.69) is 42.3 Å². The van der Waals surface area contributed by atoms with Crippen LogP contribution in [0.4, 0.5) is 0 Å². The Balaban J connectivity index is 2.04. The molecule has 3 atom stereocenters. The Morgan fingerprint density at radius 3 is 2.60 bits per heavy atom. The summed E-state index contributed by atoms with van der Waals surface area (Å²) in [6, 6.07) is 8.75. The summed E-state index contributed by atoms with van der Waals surface area (Å²) in [7, 11) is 3.77. The van der Waals surface area contributed by atoms with Crippen molar-refractivity contribution in [3.8, 4) is 5.75 Å². The second-order valence-electron chi connectivity index (χ2n) is 6.28. The van der Waals surface area contributed by atoms with Crippen LogP contribution >= 0.6 is 0 Å². The number of hydrogen-bond donors (Lipinski definition) is 1. The third-order valence-corrected chi connectivity index (χ3v) is 4.23. The third-order valence-electron chi connectivity index (χ3n) is 4.23. The molecule has 1 aliphatic heterocycles. The van der Waals surface area contributed by atoms with Crippen molar-refractivity contribution < 1.29 is 4.74 Å². The van der Waals surface area contributed by atoms with Gasteiger partial charge in [0, 0.05) is 25.7 Å². The Morgan fingerprint density at radius 1 is 1.30 bits per heavy atom. The second kappa shape index (κ2) is 7.09. The van der Waals surface area contributed by atoms with Gasteiger partial charge < -0.3 is 15.0 Å². The number of hydrogen-bond acceptors (Lipinski definition) is 3. The average molecular weight is 276 g/mol. The average Bonchev–Trinajstić information content (AvgIpc) is 2.44. The Hall–Kier alpha value is -1.06. The van der Waals surface area contributed by atoms with Gasteiger partial charge in [-0.25, -0.2) is 0 Å². The van der Waals surface area contributed by atoms with Gasteiger partial charge in [-0.3, -0.25) is 0 Å². The summed E-state index contributed by atoms with van der Waals surface area (Å²) in [6.07, 6.45) is 1.36. The lowest BCUT2D eigenvalue weighted by Gasteiger charge is -2.37. The zero-order chi connectivity index (χ0) is 14.5. The summed E-state index contributed by atoms with van der Waals surface area (Å²) in [5.41, 5.74) is 1.30. The van der Waals surface area contributed by atoms with Crippen molar-refractivity contribution in [3.63, 3.8) is 0 Å². The molecule has 2 rings (SSSR count). The van der Waals surface area contributed by atoms with Gasteiger partial charge in [0.2, 0.25) is 0 Å². The van der Waals surface area contributed by atoms with Gasteiger partial charge in [0.1, 0.15) is 5.75 Å². The van der Waals surface area contributed by atoms with E-state index in [0.717, 1.165) is 24.1 Å². The first-order valence-electron chi connectivity index (χ1n) is 7.66. The molecule has 20 heavy (non-hydrogen) atoms. The summed E-state index contributed by atoms with van der Waals surface area (Å²) in [5, 5.41) is 3.45. The van der Waals surface area contributed by atoms with Gasteiger partial charge in [0.05, 0.1) is 7.11 Å². The molecule has 0 radical (unpaired) electrons. The molecule has 1 aliphatic rings. The highest BCUT2D eigenvalue weighted by Gasteiger charge is 2.24. The number of ether oxygens (including phenoxy) is 1. The van der Waals surface area contributed by atoms with E-state index in [-0.39, 0.29) is 0 Å². The Labute approximate surface area is 123 Å². The number of nitrogens with zero attached hydrogens (tertiary/aromatic N) is 1. The van der Waals surface area contributed by atoms with Gasteiger partial charge in [-0.05, 0) is 43.0 Å². The van der Waals surface area contributed by atoms with E-state index in [0.29, 0.717) is 6.04 Å². The molecule has 0 amide bonds. The molecule has 0 aromatic heterocycles. The molecule has 112 valence electrons. The normalized spacial score (nSPS) is 25.4. The van der Waals surface area contributed by atoms with Crippen molar-refractivity contribution in [3.05, 3.63) is 29.8 Å². The quantitative estimate of drug-likeness (QED) is 0.895. The molecule has 0 bridgehead atoms. The highest BCUT2D eigenvalue weighted by atomic mass is 16.5. The maximum absolute atomic E-state index is 5.33. The fourth-order valence-corrected chi connectivity index (χ4v) is 3.42. The number of rotatable bonds is 5. The van der Waals surface area contributed by atoms with Crippen molar-refractivity contribution in [2.24, 2.45) is 11.8 Å². The predicted octanol–water partition coefficient (Wildman–Crippen LogP) is 2.93. The van der Waals surface area contributed by atoms with Gasteiger partial charge in [-0.2, -0.15) is 0 Å². The number of piperidine rings is 1. The molecule has 1 heterocycles. The SMILES string of the molecule is CNC(CN1CC(C)CC(C)C1)c1cccc(OC)c1. The van der Waals surface area contributed by atoms with Gasteiger partial charge in [-0.1, -0.05) is 26.0 Å². The van der Waals surface area contributed by atoms with E-state index in [1.807, 2.05) is 13.1 Å². The van der Waals surface area contributed by atoms with Crippen molar-refractivity contribution in [2.45, 2.75) is 26.3 Å². The molecule has 0 aliphatic carbocycles. The van der Waals surface area contributed by atoms with E-state index in [1.165, 1.54) is 25.1 Å². The van der Waals surface area contributed by atoms with E-state index >= 15 is 0 Å². The smallest absolute Gasteiger partial charge is 0.119 e. The molecule has 0 saturated carbocycles. The third kappa shape index (κ3) is 3.97. The maximum Gasteiger partial charge on any atom is 0.119 e. The molecule has 1 N–H and O–H groups in total. The predicted molar refractivity (Wildman–Crippen MR) is 84.2 cm³/mol. The summed E-state index contributed by atoms with van der Waals surface area (Å²) >= 11 is 0. The number of likely N-dealkylation sites (tertiary alicyclic amines) is 1. The molecule has 1 fully saturated rings. The Morgan fingerprint density at radius 2 is 2.00 bits per heavy atom. The van der Waals surface area contributed by atoms with E-state index in [9.17, 15) is 0 Å². The van der Waals surface area contributed by atoms with Crippen LogP contribution in [-0.2, 0) is 0 Å². The fraction of sp³-hybridized carbons (Fsp3) is 0.647. The minimum atomic E-state index is 0.364. The first-order valence-corrected chi connectivity index (χ1v) is 7.66. The van der Waals surface area contributed by atoms with Gasteiger partial charge in [-0.15, -0.1) is 0 Å². The van der Waals surface area contributed by atoms with Crippen molar-refractivity contribution in [1.29, 1.82) is 0 Å². The first-order chi connectivity index (χ1) is 9.62. The summed E-state index contributed by atoms with van der Waals surface area (Å²) in [5.74, 6) is 2.55. The molecule has 1 aromatic carbocycles. The molecule has 0 spiro atoms. The van der Waals surface area contributed by atoms with Crippen LogP contribution in [0.15, 0.2) is 24.3 Å². The van der Waals surface area contributed by atoms with Crippen LogP contribution in [0.2, 0.25) is 0 Å². The summed E-state index contributed by atoms with van der Waals surface area (Å²) in [6.45, 7) is 8.22. The number of nitrogens with one attached hydrogen (secondary N) is 1. The minimum Gasteiger partial charge on any atom is -0.497 e. The zero-order valence-corrected chi connectivity index (χ0v) is 13.2. The van der Waals surface area contributed by atoms with Crippen molar-refractivity contribution >= 4 is 0 Å². The van der Waals surface area contributed by atoms with Crippen LogP contribution in [0.3, 0.4) is 0 Å². The van der Waals surface area contributed by atoms with Crippen molar-refractivity contribution in [1.82, 2.24) is 10.2 Å². The number of methoxy groups -OCH3 is 1. The molecule has 1 aromatic rings. The largest absolute Gasteiger partial charge is 0.497 e. The van der Waals surface area contributed by atoms with E-state index in [4.69, 9.17) is 4.74 Å². The molecule has 3 unspecified atom stereocenters. The molecular weight excluding hydrogens is 248 g/mol. The first kappa shape index (κ1) is 15.3.